The molecule has 0 bridgehead atoms. The van der Waals surface area contributed by atoms with Gasteiger partial charge in [-0.05, 0) is 51.1 Å². The summed E-state index contributed by atoms with van der Waals surface area (Å²) >= 11 is 0. The Morgan fingerprint density at radius 2 is 1.84 bits per heavy atom. The van der Waals surface area contributed by atoms with Crippen molar-refractivity contribution in [3.63, 3.8) is 0 Å². The van der Waals surface area contributed by atoms with E-state index < -0.39 is 0 Å². The fraction of sp³-hybridized carbons (Fsp3) is 0.400. The third kappa shape index (κ3) is 3.35. The Labute approximate surface area is 114 Å². The molecule has 4 heteroatoms. The lowest BCUT2D eigenvalue weighted by Crippen LogP contribution is -2.22. The van der Waals surface area contributed by atoms with Gasteiger partial charge in [0.1, 0.15) is 11.4 Å². The van der Waals surface area contributed by atoms with E-state index in [1.807, 2.05) is 62.8 Å². The summed E-state index contributed by atoms with van der Waals surface area (Å²) in [5.41, 5.74) is 8.49. The first-order valence-electron chi connectivity index (χ1n) is 6.41. The number of hydrogen-bond donors (Lipinski definition) is 1. The van der Waals surface area contributed by atoms with Gasteiger partial charge in [0, 0.05) is 19.2 Å². The van der Waals surface area contributed by atoms with Crippen LogP contribution in [0.3, 0.4) is 0 Å². The van der Waals surface area contributed by atoms with Crippen molar-refractivity contribution in [1.29, 1.82) is 0 Å². The van der Waals surface area contributed by atoms with Crippen molar-refractivity contribution in [2.24, 2.45) is 12.8 Å². The predicted molar refractivity (Wildman–Crippen MR) is 76.9 cm³/mol. The van der Waals surface area contributed by atoms with E-state index in [9.17, 15) is 0 Å². The summed E-state index contributed by atoms with van der Waals surface area (Å²) in [4.78, 5) is 0. The highest BCUT2D eigenvalue weighted by Gasteiger charge is 2.12. The zero-order valence-corrected chi connectivity index (χ0v) is 12.0. The smallest absolute Gasteiger partial charge is 0.120 e. The molecule has 2 aromatic rings. The van der Waals surface area contributed by atoms with Crippen molar-refractivity contribution in [2.75, 3.05) is 0 Å². The zero-order valence-electron chi connectivity index (χ0n) is 12.0. The standard InChI is InChI=1S/C15H21N3O/c1-15(2,3)19-13-7-5-11(6-8-13)14-9-12(10-16)17-18(14)4/h5-9H,10,16H2,1-4H3. The largest absolute Gasteiger partial charge is 0.488 e. The zero-order chi connectivity index (χ0) is 14.0. The lowest BCUT2D eigenvalue weighted by molar-refractivity contribution is 0.131. The van der Waals surface area contributed by atoms with Gasteiger partial charge in [-0.25, -0.2) is 0 Å². The van der Waals surface area contributed by atoms with E-state index in [-0.39, 0.29) is 5.60 Å². The Morgan fingerprint density at radius 1 is 1.21 bits per heavy atom. The Balaban J connectivity index is 2.24. The van der Waals surface area contributed by atoms with E-state index in [1.165, 1.54) is 0 Å². The number of ether oxygens (including phenoxy) is 1. The molecule has 0 fully saturated rings. The Morgan fingerprint density at radius 3 is 2.32 bits per heavy atom. The maximum absolute atomic E-state index is 5.81. The van der Waals surface area contributed by atoms with Crippen LogP contribution in [0.1, 0.15) is 26.5 Å². The first kappa shape index (κ1) is 13.6. The van der Waals surface area contributed by atoms with Crippen LogP contribution in [0.2, 0.25) is 0 Å². The summed E-state index contributed by atoms with van der Waals surface area (Å²) in [5.74, 6) is 0.873. The van der Waals surface area contributed by atoms with Gasteiger partial charge in [0.15, 0.2) is 0 Å². The van der Waals surface area contributed by atoms with Crippen LogP contribution in [0, 0.1) is 0 Å². The molecule has 0 amide bonds. The predicted octanol–water partition coefficient (Wildman–Crippen LogP) is 2.72. The average Bonchev–Trinajstić information content (AvgIpc) is 2.70. The highest BCUT2D eigenvalue weighted by atomic mass is 16.5. The summed E-state index contributed by atoms with van der Waals surface area (Å²) < 4.78 is 7.66. The number of nitrogens with zero attached hydrogens (tertiary/aromatic N) is 2. The van der Waals surface area contributed by atoms with Crippen LogP contribution in [0.5, 0.6) is 5.75 Å². The molecule has 1 aromatic heterocycles. The molecule has 0 aliphatic carbocycles. The Kier molecular flexibility index (Phi) is 3.62. The van der Waals surface area contributed by atoms with Gasteiger partial charge >= 0.3 is 0 Å². The van der Waals surface area contributed by atoms with Gasteiger partial charge in [-0.3, -0.25) is 4.68 Å². The molecule has 19 heavy (non-hydrogen) atoms. The van der Waals surface area contributed by atoms with Crippen LogP contribution in [-0.4, -0.2) is 15.4 Å². The molecule has 0 atom stereocenters. The molecule has 4 nitrogen and oxygen atoms in total. The molecule has 0 radical (unpaired) electrons. The third-order valence-corrected chi connectivity index (χ3v) is 2.71. The van der Waals surface area contributed by atoms with E-state index >= 15 is 0 Å². The second-order valence-electron chi connectivity index (χ2n) is 5.59. The SMILES string of the molecule is Cn1nc(CN)cc1-c1ccc(OC(C)(C)C)cc1. The minimum absolute atomic E-state index is 0.180. The second kappa shape index (κ2) is 5.05. The normalized spacial score (nSPS) is 11.6. The quantitative estimate of drug-likeness (QED) is 0.922. The molecule has 0 aliphatic heterocycles. The van der Waals surface area contributed by atoms with Crippen molar-refractivity contribution in [3.05, 3.63) is 36.0 Å². The molecule has 1 heterocycles. The van der Waals surface area contributed by atoms with Crippen LogP contribution in [0.4, 0.5) is 0 Å². The number of benzene rings is 1. The van der Waals surface area contributed by atoms with E-state index in [4.69, 9.17) is 10.5 Å². The average molecular weight is 259 g/mol. The second-order valence-corrected chi connectivity index (χ2v) is 5.59. The summed E-state index contributed by atoms with van der Waals surface area (Å²) in [6.45, 7) is 6.57. The van der Waals surface area contributed by atoms with Crippen molar-refractivity contribution < 1.29 is 4.74 Å². The minimum Gasteiger partial charge on any atom is -0.488 e. The number of aromatic nitrogens is 2. The lowest BCUT2D eigenvalue weighted by Gasteiger charge is -2.21. The Hall–Kier alpha value is -1.81. The number of nitrogens with two attached hydrogens (primary N) is 1. The molecule has 0 unspecified atom stereocenters. The van der Waals surface area contributed by atoms with Crippen LogP contribution in [-0.2, 0) is 13.6 Å². The molecule has 0 aliphatic rings. The summed E-state index contributed by atoms with van der Waals surface area (Å²) in [5, 5.41) is 4.35. The molecule has 2 N–H and O–H groups in total. The molecular weight excluding hydrogens is 238 g/mol. The third-order valence-electron chi connectivity index (χ3n) is 2.71. The van der Waals surface area contributed by atoms with Crippen LogP contribution >= 0.6 is 0 Å². The van der Waals surface area contributed by atoms with Gasteiger partial charge in [0.2, 0.25) is 0 Å². The summed E-state index contributed by atoms with van der Waals surface area (Å²) in [6.07, 6.45) is 0. The van der Waals surface area contributed by atoms with Crippen LogP contribution in [0.25, 0.3) is 11.3 Å². The minimum atomic E-state index is -0.180. The summed E-state index contributed by atoms with van der Waals surface area (Å²) in [6, 6.07) is 10.1. The number of rotatable bonds is 3. The van der Waals surface area contributed by atoms with E-state index in [0.717, 1.165) is 22.7 Å². The molecule has 1 aromatic carbocycles. The molecule has 102 valence electrons. The van der Waals surface area contributed by atoms with Crippen molar-refractivity contribution in [2.45, 2.75) is 32.9 Å². The van der Waals surface area contributed by atoms with Gasteiger partial charge in [-0.15, -0.1) is 0 Å². The van der Waals surface area contributed by atoms with Gasteiger partial charge < -0.3 is 10.5 Å². The van der Waals surface area contributed by atoms with Crippen molar-refractivity contribution in [1.82, 2.24) is 9.78 Å². The fourth-order valence-electron chi connectivity index (χ4n) is 1.94. The topological polar surface area (TPSA) is 53.1 Å². The van der Waals surface area contributed by atoms with Gasteiger partial charge in [-0.1, -0.05) is 0 Å². The molecule has 0 saturated heterocycles. The van der Waals surface area contributed by atoms with E-state index in [0.29, 0.717) is 6.54 Å². The van der Waals surface area contributed by atoms with Crippen molar-refractivity contribution in [3.8, 4) is 17.0 Å². The van der Waals surface area contributed by atoms with Gasteiger partial charge in [-0.2, -0.15) is 5.10 Å². The monoisotopic (exact) mass is 259 g/mol. The number of hydrogen-bond acceptors (Lipinski definition) is 3. The Bertz CT molecular complexity index is 550. The van der Waals surface area contributed by atoms with E-state index in [1.54, 1.807) is 0 Å². The number of aryl methyl sites for hydroxylation is 1. The molecule has 2 rings (SSSR count). The van der Waals surface area contributed by atoms with Crippen LogP contribution < -0.4 is 10.5 Å². The maximum atomic E-state index is 5.81. The summed E-state index contributed by atoms with van der Waals surface area (Å²) in [7, 11) is 1.92. The highest BCUT2D eigenvalue weighted by molar-refractivity contribution is 5.61. The van der Waals surface area contributed by atoms with Crippen LogP contribution in [0.15, 0.2) is 30.3 Å². The van der Waals surface area contributed by atoms with Crippen molar-refractivity contribution >= 4 is 0 Å². The lowest BCUT2D eigenvalue weighted by atomic mass is 10.1. The van der Waals surface area contributed by atoms with Gasteiger partial charge in [0.05, 0.1) is 11.4 Å². The van der Waals surface area contributed by atoms with E-state index in [2.05, 4.69) is 5.10 Å². The maximum Gasteiger partial charge on any atom is 0.120 e. The highest BCUT2D eigenvalue weighted by Crippen LogP contribution is 2.24. The molecule has 0 saturated carbocycles. The first-order valence-corrected chi connectivity index (χ1v) is 6.41. The first-order chi connectivity index (χ1) is 8.89. The molecule has 0 spiro atoms. The fourth-order valence-corrected chi connectivity index (χ4v) is 1.94. The molecular formula is C15H21N3O. The van der Waals surface area contributed by atoms with Gasteiger partial charge in [0.25, 0.3) is 0 Å².